The van der Waals surface area contributed by atoms with E-state index in [1.807, 2.05) is 0 Å². The van der Waals surface area contributed by atoms with Crippen LogP contribution in [0.4, 0.5) is 17.1 Å². The number of carbonyl (C=O) groups is 3. The van der Waals surface area contributed by atoms with Gasteiger partial charge in [0, 0.05) is 29.1 Å². The van der Waals surface area contributed by atoms with E-state index in [2.05, 4.69) is 15.4 Å². The largest absolute Gasteiger partial charge is 0.493 e. The molecule has 0 bridgehead atoms. The quantitative estimate of drug-likeness (QED) is 0.269. The van der Waals surface area contributed by atoms with Gasteiger partial charge in [-0.2, -0.15) is 0 Å². The van der Waals surface area contributed by atoms with Crippen molar-refractivity contribution in [3.8, 4) is 11.5 Å². The fourth-order valence-corrected chi connectivity index (χ4v) is 3.04. The van der Waals surface area contributed by atoms with E-state index in [4.69, 9.17) is 9.47 Å². The number of nitro benzene ring substituents is 1. The fourth-order valence-electron chi connectivity index (χ4n) is 3.04. The first kappa shape index (κ1) is 24.7. The molecular weight excluding hydrogens is 458 g/mol. The Morgan fingerprint density at radius 3 is 2.17 bits per heavy atom. The number of nitrogens with zero attached hydrogens (tertiary/aromatic N) is 1. The molecule has 0 radical (unpaired) electrons. The minimum Gasteiger partial charge on any atom is -0.493 e. The van der Waals surface area contributed by atoms with Gasteiger partial charge in [0.25, 0.3) is 17.5 Å². The van der Waals surface area contributed by atoms with Gasteiger partial charge in [-0.15, -0.1) is 0 Å². The van der Waals surface area contributed by atoms with Crippen LogP contribution in [0.15, 0.2) is 66.7 Å². The molecule has 0 atom stereocenters. The molecule has 0 saturated heterocycles. The minimum absolute atomic E-state index is 0.112. The van der Waals surface area contributed by atoms with Gasteiger partial charge >= 0.3 is 5.97 Å². The molecule has 0 fully saturated rings. The van der Waals surface area contributed by atoms with Crippen LogP contribution in [-0.2, 0) is 9.53 Å². The van der Waals surface area contributed by atoms with Gasteiger partial charge in [0.15, 0.2) is 18.1 Å². The number of esters is 1. The molecule has 0 spiro atoms. The van der Waals surface area contributed by atoms with Gasteiger partial charge in [-0.1, -0.05) is 18.2 Å². The van der Waals surface area contributed by atoms with E-state index >= 15 is 0 Å². The van der Waals surface area contributed by atoms with Crippen molar-refractivity contribution in [2.75, 3.05) is 31.5 Å². The Bertz CT molecular complexity index is 1280. The number of anilines is 2. The number of hydrogen-bond donors (Lipinski definition) is 2. The van der Waals surface area contributed by atoms with E-state index in [1.165, 1.54) is 19.2 Å². The molecule has 0 aliphatic heterocycles. The highest BCUT2D eigenvalue weighted by Crippen LogP contribution is 2.26. The Labute approximate surface area is 199 Å². The molecular formula is C24H21N3O8. The number of ether oxygens (including phenoxy) is 3. The summed E-state index contributed by atoms with van der Waals surface area (Å²) in [6.45, 7) is -0.277. The van der Waals surface area contributed by atoms with Crippen molar-refractivity contribution < 1.29 is 33.5 Å². The summed E-state index contributed by atoms with van der Waals surface area (Å²) in [4.78, 5) is 47.3. The molecule has 3 rings (SSSR count). The lowest BCUT2D eigenvalue weighted by Crippen LogP contribution is -2.20. The molecule has 0 aliphatic rings. The van der Waals surface area contributed by atoms with Crippen molar-refractivity contribution in [1.29, 1.82) is 0 Å². The van der Waals surface area contributed by atoms with Crippen molar-refractivity contribution in [3.05, 3.63) is 88.0 Å². The summed E-state index contributed by atoms with van der Waals surface area (Å²) >= 11 is 0. The number of nitro groups is 1. The minimum atomic E-state index is -0.817. The lowest BCUT2D eigenvalue weighted by atomic mass is 10.1. The second kappa shape index (κ2) is 11.3. The zero-order chi connectivity index (χ0) is 25.4. The molecule has 3 aromatic rings. The zero-order valence-corrected chi connectivity index (χ0v) is 18.8. The summed E-state index contributed by atoms with van der Waals surface area (Å²) in [5.74, 6) is -1.05. The molecule has 35 heavy (non-hydrogen) atoms. The van der Waals surface area contributed by atoms with E-state index in [9.17, 15) is 24.5 Å². The molecule has 2 N–H and O–H groups in total. The number of amides is 2. The fraction of sp³-hybridized carbons (Fsp3) is 0.125. The van der Waals surface area contributed by atoms with Gasteiger partial charge in [-0.25, -0.2) is 4.79 Å². The predicted octanol–water partition coefficient (Wildman–Crippen LogP) is 3.66. The number of rotatable bonds is 9. The number of hydrogen-bond acceptors (Lipinski definition) is 8. The Hall–Kier alpha value is -4.93. The lowest BCUT2D eigenvalue weighted by Gasteiger charge is -2.11. The molecule has 3 aromatic carbocycles. The van der Waals surface area contributed by atoms with E-state index < -0.39 is 28.4 Å². The van der Waals surface area contributed by atoms with Crippen LogP contribution in [-0.4, -0.2) is 43.5 Å². The lowest BCUT2D eigenvalue weighted by molar-refractivity contribution is -0.384. The van der Waals surface area contributed by atoms with E-state index in [1.54, 1.807) is 42.5 Å². The van der Waals surface area contributed by atoms with Gasteiger partial charge in [-0.05, 0) is 36.4 Å². The highest BCUT2D eigenvalue weighted by atomic mass is 16.6. The van der Waals surface area contributed by atoms with Crippen LogP contribution in [0.5, 0.6) is 11.5 Å². The first-order chi connectivity index (χ1) is 16.8. The summed E-state index contributed by atoms with van der Waals surface area (Å²) in [5.41, 5.74) is 0.00607. The van der Waals surface area contributed by atoms with Gasteiger partial charge in [0.1, 0.15) is 0 Å². The maximum Gasteiger partial charge on any atom is 0.338 e. The van der Waals surface area contributed by atoms with Crippen LogP contribution in [0, 0.1) is 10.1 Å². The third kappa shape index (κ3) is 6.54. The van der Waals surface area contributed by atoms with Crippen LogP contribution in [0.3, 0.4) is 0 Å². The van der Waals surface area contributed by atoms with Crippen molar-refractivity contribution in [2.45, 2.75) is 0 Å². The maximum atomic E-state index is 12.7. The number of methoxy groups -OCH3 is 2. The normalized spacial score (nSPS) is 10.1. The zero-order valence-electron chi connectivity index (χ0n) is 18.8. The SMILES string of the molecule is COC(=O)c1cc(C(=O)Nc2cccc(NC(=O)COc3ccccc3OC)c2)cc([N+](=O)[O-])c1. The number of non-ortho nitro benzene ring substituents is 1. The molecule has 0 heterocycles. The third-order valence-corrected chi connectivity index (χ3v) is 4.64. The summed E-state index contributed by atoms with van der Waals surface area (Å²) in [7, 11) is 2.62. The molecule has 2 amide bonds. The van der Waals surface area contributed by atoms with Crippen LogP contribution >= 0.6 is 0 Å². The Balaban J connectivity index is 1.68. The van der Waals surface area contributed by atoms with E-state index in [0.717, 1.165) is 19.2 Å². The smallest absolute Gasteiger partial charge is 0.338 e. The van der Waals surface area contributed by atoms with Crippen LogP contribution < -0.4 is 20.1 Å². The van der Waals surface area contributed by atoms with Gasteiger partial charge in [0.2, 0.25) is 0 Å². The summed E-state index contributed by atoms with van der Waals surface area (Å²) in [6.07, 6.45) is 0. The van der Waals surface area contributed by atoms with Crippen molar-refractivity contribution in [3.63, 3.8) is 0 Å². The standard InChI is InChI=1S/C24H21N3O8/c1-33-20-8-3-4-9-21(20)35-14-22(28)25-17-6-5-7-18(13-17)26-23(29)15-10-16(24(30)34-2)12-19(11-15)27(31)32/h3-13H,14H2,1-2H3,(H,25,28)(H,26,29). The highest BCUT2D eigenvalue weighted by molar-refractivity contribution is 6.06. The summed E-state index contributed by atoms with van der Waals surface area (Å²) < 4.78 is 15.2. The topological polar surface area (TPSA) is 146 Å². The van der Waals surface area contributed by atoms with Gasteiger partial charge in [0.05, 0.1) is 24.7 Å². The Kier molecular flexibility index (Phi) is 7.96. The van der Waals surface area contributed by atoms with Crippen molar-refractivity contribution >= 4 is 34.8 Å². The van der Waals surface area contributed by atoms with E-state index in [-0.39, 0.29) is 17.7 Å². The summed E-state index contributed by atoms with van der Waals surface area (Å²) in [5, 5.41) is 16.4. The van der Waals surface area contributed by atoms with Crippen molar-refractivity contribution in [2.24, 2.45) is 0 Å². The molecule has 0 unspecified atom stereocenters. The number of nitrogens with one attached hydrogen (secondary N) is 2. The number of para-hydroxylation sites is 2. The molecule has 0 aromatic heterocycles. The number of benzene rings is 3. The molecule has 180 valence electrons. The number of carbonyl (C=O) groups excluding carboxylic acids is 3. The molecule has 11 heteroatoms. The molecule has 0 saturated carbocycles. The second-order valence-corrected chi connectivity index (χ2v) is 7.04. The molecule has 11 nitrogen and oxygen atoms in total. The first-order valence-corrected chi connectivity index (χ1v) is 10.2. The van der Waals surface area contributed by atoms with Gasteiger partial charge < -0.3 is 24.8 Å². The maximum absolute atomic E-state index is 12.7. The third-order valence-electron chi connectivity index (χ3n) is 4.64. The average molecular weight is 479 g/mol. The van der Waals surface area contributed by atoms with E-state index in [0.29, 0.717) is 22.9 Å². The van der Waals surface area contributed by atoms with Crippen LogP contribution in [0.25, 0.3) is 0 Å². The average Bonchev–Trinajstić information content (AvgIpc) is 2.87. The van der Waals surface area contributed by atoms with Crippen molar-refractivity contribution in [1.82, 2.24) is 0 Å². The van der Waals surface area contributed by atoms with Gasteiger partial charge in [-0.3, -0.25) is 19.7 Å². The Morgan fingerprint density at radius 1 is 0.857 bits per heavy atom. The first-order valence-electron chi connectivity index (χ1n) is 10.2. The van der Waals surface area contributed by atoms with Crippen LogP contribution in [0.1, 0.15) is 20.7 Å². The predicted molar refractivity (Wildman–Crippen MR) is 126 cm³/mol. The monoisotopic (exact) mass is 479 g/mol. The van der Waals surface area contributed by atoms with Crippen LogP contribution in [0.2, 0.25) is 0 Å². The second-order valence-electron chi connectivity index (χ2n) is 7.04. The Morgan fingerprint density at radius 2 is 1.51 bits per heavy atom. The molecule has 0 aliphatic carbocycles. The highest BCUT2D eigenvalue weighted by Gasteiger charge is 2.18. The summed E-state index contributed by atoms with van der Waals surface area (Å²) in [6, 6.07) is 16.4.